The third-order valence-electron chi connectivity index (χ3n) is 2.26. The molecule has 0 saturated heterocycles. The molecule has 1 rings (SSSR count). The van der Waals surface area contributed by atoms with Crippen LogP contribution in [-0.4, -0.2) is 6.54 Å². The molecule has 0 fully saturated rings. The highest BCUT2D eigenvalue weighted by Crippen LogP contribution is 2.25. The van der Waals surface area contributed by atoms with E-state index in [-0.39, 0.29) is 0 Å². The van der Waals surface area contributed by atoms with E-state index >= 15 is 0 Å². The zero-order valence-corrected chi connectivity index (χ0v) is 10.4. The maximum absolute atomic E-state index is 3.63. The minimum absolute atomic E-state index is 0.525. The summed E-state index contributed by atoms with van der Waals surface area (Å²) >= 11 is 1.85. The summed E-state index contributed by atoms with van der Waals surface area (Å²) in [4.78, 5) is 1.46. The van der Waals surface area contributed by atoms with Crippen LogP contribution in [-0.2, 0) is 0 Å². The average Bonchev–Trinajstić information content (AvgIpc) is 2.56. The smallest absolute Gasteiger partial charge is 0.0438 e. The van der Waals surface area contributed by atoms with Gasteiger partial charge in [-0.25, -0.2) is 0 Å². The van der Waals surface area contributed by atoms with Crippen LogP contribution in [0.5, 0.6) is 0 Å². The van der Waals surface area contributed by atoms with Gasteiger partial charge in [0.15, 0.2) is 0 Å². The van der Waals surface area contributed by atoms with Crippen molar-refractivity contribution in [2.45, 2.75) is 33.7 Å². The van der Waals surface area contributed by atoms with Crippen molar-refractivity contribution in [1.29, 1.82) is 0 Å². The molecule has 1 N–H and O–H groups in total. The minimum atomic E-state index is 0.525. The zero-order valence-electron chi connectivity index (χ0n) is 9.58. The summed E-state index contributed by atoms with van der Waals surface area (Å²) in [5.74, 6) is 1.38. The first-order valence-electron chi connectivity index (χ1n) is 5.38. The molecule has 1 heterocycles. The molecule has 0 radical (unpaired) electrons. The van der Waals surface area contributed by atoms with Gasteiger partial charge >= 0.3 is 0 Å². The van der Waals surface area contributed by atoms with E-state index in [2.05, 4.69) is 50.5 Å². The first-order valence-corrected chi connectivity index (χ1v) is 6.26. The van der Waals surface area contributed by atoms with E-state index < -0.39 is 0 Å². The Morgan fingerprint density at radius 3 is 2.43 bits per heavy atom. The van der Waals surface area contributed by atoms with Crippen LogP contribution in [0.1, 0.15) is 38.6 Å². The monoisotopic (exact) mass is 211 g/mol. The van der Waals surface area contributed by atoms with Crippen molar-refractivity contribution in [3.63, 3.8) is 0 Å². The van der Waals surface area contributed by atoms with Crippen LogP contribution < -0.4 is 5.32 Å². The second-order valence-corrected chi connectivity index (χ2v) is 5.52. The molecule has 0 spiro atoms. The van der Waals surface area contributed by atoms with E-state index in [0.29, 0.717) is 12.0 Å². The van der Waals surface area contributed by atoms with Crippen molar-refractivity contribution >= 4 is 11.3 Å². The van der Waals surface area contributed by atoms with Crippen molar-refractivity contribution in [3.8, 4) is 0 Å². The molecule has 14 heavy (non-hydrogen) atoms. The molecule has 0 amide bonds. The molecule has 0 aliphatic heterocycles. The van der Waals surface area contributed by atoms with Crippen molar-refractivity contribution < 1.29 is 0 Å². The molecule has 0 saturated carbocycles. The van der Waals surface area contributed by atoms with E-state index in [9.17, 15) is 0 Å². The van der Waals surface area contributed by atoms with Crippen LogP contribution in [0.15, 0.2) is 17.5 Å². The quantitative estimate of drug-likeness (QED) is 0.783. The van der Waals surface area contributed by atoms with Crippen LogP contribution in [0.4, 0.5) is 0 Å². The second-order valence-electron chi connectivity index (χ2n) is 4.54. The largest absolute Gasteiger partial charge is 0.309 e. The van der Waals surface area contributed by atoms with Gasteiger partial charge in [-0.15, -0.1) is 11.3 Å². The van der Waals surface area contributed by atoms with Gasteiger partial charge in [0.25, 0.3) is 0 Å². The fourth-order valence-electron chi connectivity index (χ4n) is 1.50. The van der Waals surface area contributed by atoms with Crippen molar-refractivity contribution in [3.05, 3.63) is 22.4 Å². The van der Waals surface area contributed by atoms with Crippen molar-refractivity contribution in [2.75, 3.05) is 6.54 Å². The molecule has 0 aromatic carbocycles. The van der Waals surface area contributed by atoms with E-state index in [4.69, 9.17) is 0 Å². The Balaban J connectivity index is 2.57. The summed E-state index contributed by atoms with van der Waals surface area (Å²) < 4.78 is 0. The molecule has 1 atom stereocenters. The molecule has 1 nitrogen and oxygen atoms in total. The Kier molecular flexibility index (Phi) is 4.63. The summed E-state index contributed by atoms with van der Waals surface area (Å²) in [7, 11) is 0. The van der Waals surface area contributed by atoms with E-state index in [0.717, 1.165) is 12.5 Å². The van der Waals surface area contributed by atoms with E-state index in [1.165, 1.54) is 4.88 Å². The van der Waals surface area contributed by atoms with E-state index in [1.807, 2.05) is 11.3 Å². The van der Waals surface area contributed by atoms with Gasteiger partial charge in [0.05, 0.1) is 0 Å². The second kappa shape index (κ2) is 5.52. The van der Waals surface area contributed by atoms with Gasteiger partial charge in [-0.05, 0) is 29.8 Å². The Bertz CT molecular complexity index is 239. The van der Waals surface area contributed by atoms with Gasteiger partial charge in [-0.1, -0.05) is 33.8 Å². The SMILES string of the molecule is CC(C)CNC(c1cccs1)C(C)C. The highest BCUT2D eigenvalue weighted by Gasteiger charge is 2.15. The molecule has 2 heteroatoms. The van der Waals surface area contributed by atoms with Crippen molar-refractivity contribution in [2.24, 2.45) is 11.8 Å². The predicted molar refractivity (Wildman–Crippen MR) is 64.7 cm³/mol. The molecular weight excluding hydrogens is 190 g/mol. The number of hydrogen-bond acceptors (Lipinski definition) is 2. The molecular formula is C12H21NS. The van der Waals surface area contributed by atoms with Crippen molar-refractivity contribution in [1.82, 2.24) is 5.32 Å². The van der Waals surface area contributed by atoms with Crippen LogP contribution in [0.2, 0.25) is 0 Å². The highest BCUT2D eigenvalue weighted by molar-refractivity contribution is 7.10. The number of hydrogen-bond donors (Lipinski definition) is 1. The standard InChI is InChI=1S/C12H21NS/c1-9(2)8-13-12(10(3)4)11-6-5-7-14-11/h5-7,9-10,12-13H,8H2,1-4H3. The van der Waals surface area contributed by atoms with Crippen LogP contribution in [0.25, 0.3) is 0 Å². The number of rotatable bonds is 5. The Morgan fingerprint density at radius 2 is 2.00 bits per heavy atom. The van der Waals surface area contributed by atoms with Gasteiger partial charge in [0.1, 0.15) is 0 Å². The fourth-order valence-corrected chi connectivity index (χ4v) is 2.47. The minimum Gasteiger partial charge on any atom is -0.309 e. The number of nitrogens with one attached hydrogen (secondary N) is 1. The Labute approximate surface area is 91.5 Å². The van der Waals surface area contributed by atoms with Crippen LogP contribution in [0, 0.1) is 11.8 Å². The molecule has 0 bridgehead atoms. The topological polar surface area (TPSA) is 12.0 Å². The summed E-state index contributed by atoms with van der Waals surface area (Å²) in [5, 5.41) is 5.79. The normalized spacial score (nSPS) is 13.9. The Hall–Kier alpha value is -0.340. The number of thiophene rings is 1. The lowest BCUT2D eigenvalue weighted by atomic mass is 10.0. The summed E-state index contributed by atoms with van der Waals surface area (Å²) in [5.41, 5.74) is 0. The summed E-state index contributed by atoms with van der Waals surface area (Å²) in [6.45, 7) is 10.1. The van der Waals surface area contributed by atoms with Crippen LogP contribution in [0.3, 0.4) is 0 Å². The fraction of sp³-hybridized carbons (Fsp3) is 0.667. The zero-order chi connectivity index (χ0) is 10.6. The van der Waals surface area contributed by atoms with Crippen LogP contribution >= 0.6 is 11.3 Å². The van der Waals surface area contributed by atoms with E-state index in [1.54, 1.807) is 0 Å². The molecule has 0 aliphatic carbocycles. The summed E-state index contributed by atoms with van der Waals surface area (Å²) in [6, 6.07) is 4.88. The van der Waals surface area contributed by atoms with Gasteiger partial charge < -0.3 is 5.32 Å². The maximum Gasteiger partial charge on any atom is 0.0438 e. The first-order chi connectivity index (χ1) is 6.61. The predicted octanol–water partition coefficient (Wildman–Crippen LogP) is 3.69. The van der Waals surface area contributed by atoms with Gasteiger partial charge in [-0.3, -0.25) is 0 Å². The third-order valence-corrected chi connectivity index (χ3v) is 3.22. The molecule has 1 aromatic rings. The van der Waals surface area contributed by atoms with Gasteiger partial charge in [-0.2, -0.15) is 0 Å². The third kappa shape index (κ3) is 3.43. The molecule has 1 unspecified atom stereocenters. The average molecular weight is 211 g/mol. The van der Waals surface area contributed by atoms with Gasteiger partial charge in [0.2, 0.25) is 0 Å². The molecule has 80 valence electrons. The molecule has 1 aromatic heterocycles. The lowest BCUT2D eigenvalue weighted by Gasteiger charge is -2.22. The lowest BCUT2D eigenvalue weighted by molar-refractivity contribution is 0.392. The highest BCUT2D eigenvalue weighted by atomic mass is 32.1. The first kappa shape index (κ1) is 11.7. The lowest BCUT2D eigenvalue weighted by Crippen LogP contribution is -2.28. The summed E-state index contributed by atoms with van der Waals surface area (Å²) in [6.07, 6.45) is 0. The maximum atomic E-state index is 3.63. The molecule has 0 aliphatic rings. The Morgan fingerprint density at radius 1 is 1.29 bits per heavy atom. The van der Waals surface area contributed by atoms with Gasteiger partial charge in [0, 0.05) is 10.9 Å².